The number of ketones is 1. The Morgan fingerprint density at radius 1 is 1.35 bits per heavy atom. The fraction of sp³-hybridized carbons (Fsp3) is 0.577. The second kappa shape index (κ2) is 9.61. The molecule has 5 rings (SSSR count). The smallest absolute Gasteiger partial charge is 0.226 e. The molecule has 0 spiro atoms. The standard InChI is InChI=1S/C26H30I2N2O3S/c1-13-12-29-25(34-13)30-21(32)5-3-4-14-10-20(31)26(2)9-8-15-16(22(14)26)6-7-17-18(15)11-19(27)24(33)23(17)28/h11-12,14-16,22,33H,3-10H2,1-2H3,(H,29,30,32)/t14-,15?,16?,22?,26-/m1/s1. The zero-order valence-corrected chi connectivity index (χ0v) is 24.6. The highest BCUT2D eigenvalue weighted by Crippen LogP contribution is 2.62. The van der Waals surface area contributed by atoms with Gasteiger partial charge in [-0.05, 0) is 131 Å². The van der Waals surface area contributed by atoms with E-state index in [-0.39, 0.29) is 11.3 Å². The molecule has 2 N–H and O–H groups in total. The van der Waals surface area contributed by atoms with Crippen LogP contribution in [-0.2, 0) is 16.0 Å². The van der Waals surface area contributed by atoms with Gasteiger partial charge in [0.1, 0.15) is 11.5 Å². The number of Topliss-reactive ketones (excluding diaryl/α,β-unsaturated/α-hetero) is 1. The molecular formula is C26H30I2N2O3S. The number of aryl methyl sites for hydroxylation is 1. The third-order valence-corrected chi connectivity index (χ3v) is 11.4. The average Bonchev–Trinajstić information content (AvgIpc) is 3.31. The van der Waals surface area contributed by atoms with E-state index in [9.17, 15) is 14.7 Å². The molecule has 2 saturated carbocycles. The molecule has 2 aromatic rings. The number of hydrogen-bond donors (Lipinski definition) is 2. The van der Waals surface area contributed by atoms with Gasteiger partial charge >= 0.3 is 0 Å². The Hall–Kier alpha value is -0.750. The van der Waals surface area contributed by atoms with Crippen LogP contribution in [0, 0.1) is 37.2 Å². The third kappa shape index (κ3) is 4.33. The Morgan fingerprint density at radius 3 is 2.88 bits per heavy atom. The Labute approximate surface area is 232 Å². The number of benzene rings is 1. The van der Waals surface area contributed by atoms with E-state index in [1.165, 1.54) is 22.5 Å². The van der Waals surface area contributed by atoms with Crippen molar-refractivity contribution in [2.75, 3.05) is 5.32 Å². The number of fused-ring (bicyclic) bond motifs is 5. The molecule has 0 radical (unpaired) electrons. The molecule has 1 aromatic heterocycles. The third-order valence-electron chi connectivity index (χ3n) is 8.58. The fourth-order valence-corrected chi connectivity index (χ4v) is 9.76. The predicted molar refractivity (Wildman–Crippen MR) is 151 cm³/mol. The van der Waals surface area contributed by atoms with Crippen molar-refractivity contribution in [2.45, 2.75) is 71.1 Å². The highest BCUT2D eigenvalue weighted by atomic mass is 127. The summed E-state index contributed by atoms with van der Waals surface area (Å²) >= 11 is 6.04. The summed E-state index contributed by atoms with van der Waals surface area (Å²) in [6.45, 7) is 4.20. The number of halogens is 2. The summed E-state index contributed by atoms with van der Waals surface area (Å²) in [5, 5.41) is 14.0. The quantitative estimate of drug-likeness (QED) is 0.335. The molecule has 1 amide bonds. The molecule has 2 fully saturated rings. The number of carbonyl (C=O) groups excluding carboxylic acids is 2. The van der Waals surface area contributed by atoms with Crippen LogP contribution in [0.5, 0.6) is 5.75 Å². The minimum atomic E-state index is -0.221. The molecule has 182 valence electrons. The molecular weight excluding hydrogens is 674 g/mol. The first kappa shape index (κ1) is 24.9. The molecule has 0 bridgehead atoms. The number of phenols is 1. The van der Waals surface area contributed by atoms with E-state index >= 15 is 0 Å². The van der Waals surface area contributed by atoms with E-state index < -0.39 is 0 Å². The van der Waals surface area contributed by atoms with Crippen LogP contribution in [0.4, 0.5) is 5.13 Å². The Morgan fingerprint density at radius 2 is 2.15 bits per heavy atom. The number of amides is 1. The van der Waals surface area contributed by atoms with Gasteiger partial charge in [-0.2, -0.15) is 0 Å². The van der Waals surface area contributed by atoms with E-state index in [1.54, 1.807) is 6.20 Å². The van der Waals surface area contributed by atoms with E-state index in [0.717, 1.165) is 50.5 Å². The number of aromatic hydroxyl groups is 1. The van der Waals surface area contributed by atoms with Crippen LogP contribution in [0.1, 0.15) is 73.8 Å². The van der Waals surface area contributed by atoms with Gasteiger partial charge in [0.05, 0.1) is 7.14 Å². The van der Waals surface area contributed by atoms with Crippen molar-refractivity contribution in [3.05, 3.63) is 35.4 Å². The van der Waals surface area contributed by atoms with E-state index in [1.807, 2.05) is 6.92 Å². The zero-order chi connectivity index (χ0) is 24.2. The number of carbonyl (C=O) groups is 2. The van der Waals surface area contributed by atoms with Crippen molar-refractivity contribution in [2.24, 2.45) is 23.2 Å². The minimum Gasteiger partial charge on any atom is -0.506 e. The van der Waals surface area contributed by atoms with Crippen LogP contribution in [0.2, 0.25) is 0 Å². The summed E-state index contributed by atoms with van der Waals surface area (Å²) in [6.07, 6.45) is 8.70. The largest absolute Gasteiger partial charge is 0.506 e. The first-order valence-corrected chi connectivity index (χ1v) is 15.1. The van der Waals surface area contributed by atoms with Gasteiger partial charge in [-0.3, -0.25) is 9.59 Å². The lowest BCUT2D eigenvalue weighted by molar-refractivity contribution is -0.129. The number of anilines is 1. The second-order valence-corrected chi connectivity index (χ2v) is 14.0. The molecule has 1 heterocycles. The van der Waals surface area contributed by atoms with Gasteiger partial charge in [-0.1, -0.05) is 6.92 Å². The number of thiazole rings is 1. The van der Waals surface area contributed by atoms with Gasteiger partial charge in [-0.25, -0.2) is 4.98 Å². The molecule has 3 unspecified atom stereocenters. The van der Waals surface area contributed by atoms with Crippen LogP contribution < -0.4 is 5.32 Å². The Balaban J connectivity index is 1.31. The van der Waals surface area contributed by atoms with Crippen LogP contribution in [0.3, 0.4) is 0 Å². The van der Waals surface area contributed by atoms with Crippen molar-refractivity contribution < 1.29 is 14.7 Å². The monoisotopic (exact) mass is 704 g/mol. The summed E-state index contributed by atoms with van der Waals surface area (Å²) in [5.74, 6) is 2.58. The highest BCUT2D eigenvalue weighted by molar-refractivity contribution is 14.1. The first-order valence-electron chi connectivity index (χ1n) is 12.1. The fourth-order valence-electron chi connectivity index (χ4n) is 7.08. The average molecular weight is 704 g/mol. The molecule has 0 saturated heterocycles. The zero-order valence-electron chi connectivity index (χ0n) is 19.5. The molecule has 8 heteroatoms. The van der Waals surface area contributed by atoms with Crippen molar-refractivity contribution in [3.8, 4) is 5.75 Å². The number of hydrogen-bond acceptors (Lipinski definition) is 5. The summed E-state index contributed by atoms with van der Waals surface area (Å²) < 4.78 is 1.93. The second-order valence-electron chi connectivity index (χ2n) is 10.5. The lowest BCUT2D eigenvalue weighted by atomic mass is 9.54. The van der Waals surface area contributed by atoms with Crippen LogP contribution in [0.15, 0.2) is 12.3 Å². The number of aromatic nitrogens is 1. The molecule has 34 heavy (non-hydrogen) atoms. The molecule has 5 nitrogen and oxygen atoms in total. The van der Waals surface area contributed by atoms with Gasteiger partial charge in [0.15, 0.2) is 5.13 Å². The lowest BCUT2D eigenvalue weighted by Crippen LogP contribution is -2.44. The molecule has 5 atom stereocenters. The van der Waals surface area contributed by atoms with Crippen molar-refractivity contribution in [1.29, 1.82) is 0 Å². The summed E-state index contributed by atoms with van der Waals surface area (Å²) in [5.41, 5.74) is 2.50. The summed E-state index contributed by atoms with van der Waals surface area (Å²) in [6, 6.07) is 2.20. The van der Waals surface area contributed by atoms with E-state index in [2.05, 4.69) is 68.5 Å². The Kier molecular flexibility index (Phi) is 7.04. The number of nitrogens with zero attached hydrogens (tertiary/aromatic N) is 1. The highest BCUT2D eigenvalue weighted by Gasteiger charge is 2.58. The van der Waals surface area contributed by atoms with Crippen molar-refractivity contribution in [3.63, 3.8) is 0 Å². The molecule has 0 aliphatic heterocycles. The number of nitrogens with one attached hydrogen (secondary N) is 1. The van der Waals surface area contributed by atoms with Crippen LogP contribution in [0.25, 0.3) is 0 Å². The maximum Gasteiger partial charge on any atom is 0.226 e. The Bertz CT molecular complexity index is 1150. The molecule has 1 aromatic carbocycles. The maximum absolute atomic E-state index is 13.2. The molecule has 3 aliphatic rings. The van der Waals surface area contributed by atoms with E-state index in [0.29, 0.717) is 53.2 Å². The molecule has 3 aliphatic carbocycles. The maximum atomic E-state index is 13.2. The topological polar surface area (TPSA) is 79.3 Å². The van der Waals surface area contributed by atoms with Crippen LogP contribution in [-0.4, -0.2) is 21.8 Å². The van der Waals surface area contributed by atoms with E-state index in [4.69, 9.17) is 0 Å². The van der Waals surface area contributed by atoms with Crippen molar-refractivity contribution in [1.82, 2.24) is 4.98 Å². The normalized spacial score (nSPS) is 29.9. The van der Waals surface area contributed by atoms with Gasteiger partial charge in [0.2, 0.25) is 5.91 Å². The number of phenolic OH excluding ortho intramolecular Hbond substituents is 1. The minimum absolute atomic E-state index is 0.0125. The van der Waals surface area contributed by atoms with Crippen LogP contribution >= 0.6 is 56.5 Å². The van der Waals surface area contributed by atoms with Gasteiger partial charge in [-0.15, -0.1) is 11.3 Å². The summed E-state index contributed by atoms with van der Waals surface area (Å²) in [4.78, 5) is 31.0. The lowest BCUT2D eigenvalue weighted by Gasteiger charge is -2.50. The SMILES string of the molecule is Cc1cnc(NC(=O)CCC[C@@H]2CC(=O)[C@@]3(C)CCC4c5cc(I)c(O)c(I)c5CCC4C23)s1. The predicted octanol–water partition coefficient (Wildman–Crippen LogP) is 6.83. The van der Waals surface area contributed by atoms with Crippen molar-refractivity contribution >= 4 is 73.3 Å². The first-order chi connectivity index (χ1) is 16.2. The number of rotatable bonds is 5. The summed E-state index contributed by atoms with van der Waals surface area (Å²) in [7, 11) is 0. The van der Waals surface area contributed by atoms with Gasteiger partial charge < -0.3 is 10.4 Å². The van der Waals surface area contributed by atoms with Gasteiger partial charge in [0.25, 0.3) is 0 Å². The van der Waals surface area contributed by atoms with Gasteiger partial charge in [0, 0.05) is 29.3 Å².